The van der Waals surface area contributed by atoms with Gasteiger partial charge in [-0.3, -0.25) is 9.59 Å². The molecule has 0 unspecified atom stereocenters. The van der Waals surface area contributed by atoms with Gasteiger partial charge in [-0.25, -0.2) is 0 Å². The quantitative estimate of drug-likeness (QED) is 0.771. The second-order valence-corrected chi connectivity index (χ2v) is 7.56. The van der Waals surface area contributed by atoms with Crippen molar-refractivity contribution in [3.63, 3.8) is 0 Å². The number of hydrogen-bond donors (Lipinski definition) is 0. The highest BCUT2D eigenvalue weighted by atomic mass is 16.5. The van der Waals surface area contributed by atoms with Crippen molar-refractivity contribution in [3.8, 4) is 5.75 Å². The maximum absolute atomic E-state index is 13.1. The molecule has 0 aromatic heterocycles. The highest BCUT2D eigenvalue weighted by Gasteiger charge is 2.59. The number of piperazine rings is 1. The van der Waals surface area contributed by atoms with Crippen LogP contribution >= 0.6 is 0 Å². The summed E-state index contributed by atoms with van der Waals surface area (Å²) < 4.78 is 5.21. The molecule has 1 aromatic rings. The lowest BCUT2D eigenvalue weighted by Gasteiger charge is -2.38. The first kappa shape index (κ1) is 17.2. The molecule has 1 aliphatic carbocycles. The van der Waals surface area contributed by atoms with Gasteiger partial charge in [-0.05, 0) is 49.9 Å². The summed E-state index contributed by atoms with van der Waals surface area (Å²) in [6.45, 7) is 4.59. The molecule has 3 aliphatic rings. The van der Waals surface area contributed by atoms with Gasteiger partial charge in [-0.15, -0.1) is 0 Å². The van der Waals surface area contributed by atoms with Gasteiger partial charge < -0.3 is 19.4 Å². The smallest absolute Gasteiger partial charge is 0.238 e. The van der Waals surface area contributed by atoms with Gasteiger partial charge >= 0.3 is 0 Å². The number of carbonyl (C=O) groups is 2. The number of rotatable bonds is 4. The van der Waals surface area contributed by atoms with Crippen molar-refractivity contribution in [2.75, 3.05) is 51.3 Å². The first-order chi connectivity index (χ1) is 12.6. The average Bonchev–Trinajstić information content (AvgIpc) is 3.33. The Hall–Kier alpha value is -2.24. The highest BCUT2D eigenvalue weighted by Crippen LogP contribution is 2.49. The van der Waals surface area contributed by atoms with Crippen molar-refractivity contribution >= 4 is 17.5 Å². The normalized spacial score (nSPS) is 21.7. The first-order valence-electron chi connectivity index (χ1n) is 9.62. The van der Waals surface area contributed by atoms with Gasteiger partial charge in [0.2, 0.25) is 11.8 Å². The van der Waals surface area contributed by atoms with E-state index in [1.54, 1.807) is 7.11 Å². The fourth-order valence-electron chi connectivity index (χ4n) is 4.13. The SMILES string of the molecule is COc1ccc(N2CCN(C(=O)C3(C(=O)N4CCCC4)CC3)CC2)cc1. The van der Waals surface area contributed by atoms with Crippen LogP contribution in [0.15, 0.2) is 24.3 Å². The Kier molecular flexibility index (Phi) is 4.51. The summed E-state index contributed by atoms with van der Waals surface area (Å²) in [5, 5.41) is 0. The third kappa shape index (κ3) is 3.02. The Bertz CT molecular complexity index is 670. The third-order valence-corrected chi connectivity index (χ3v) is 5.97. The number of ether oxygens (including phenoxy) is 1. The zero-order valence-electron chi connectivity index (χ0n) is 15.4. The Morgan fingerprint density at radius 3 is 1.88 bits per heavy atom. The van der Waals surface area contributed by atoms with Crippen molar-refractivity contribution in [2.24, 2.45) is 5.41 Å². The van der Waals surface area contributed by atoms with E-state index in [0.717, 1.165) is 63.3 Å². The van der Waals surface area contributed by atoms with E-state index in [1.165, 1.54) is 0 Å². The fourth-order valence-corrected chi connectivity index (χ4v) is 4.13. The minimum Gasteiger partial charge on any atom is -0.497 e. The molecule has 140 valence electrons. The predicted octanol–water partition coefficient (Wildman–Crippen LogP) is 1.75. The molecule has 2 aliphatic heterocycles. The van der Waals surface area contributed by atoms with E-state index in [1.807, 2.05) is 21.9 Å². The van der Waals surface area contributed by atoms with Gasteiger partial charge in [0.1, 0.15) is 11.2 Å². The van der Waals surface area contributed by atoms with Crippen molar-refractivity contribution in [1.82, 2.24) is 9.80 Å². The van der Waals surface area contributed by atoms with Crippen LogP contribution < -0.4 is 9.64 Å². The number of carbonyl (C=O) groups excluding carboxylic acids is 2. The first-order valence-corrected chi connectivity index (χ1v) is 9.62. The minimum atomic E-state index is -0.730. The van der Waals surface area contributed by atoms with Crippen LogP contribution in [-0.2, 0) is 9.59 Å². The van der Waals surface area contributed by atoms with Gasteiger partial charge in [0.05, 0.1) is 7.11 Å². The Labute approximate surface area is 154 Å². The number of likely N-dealkylation sites (tertiary alicyclic amines) is 1. The summed E-state index contributed by atoms with van der Waals surface area (Å²) in [7, 11) is 1.66. The van der Waals surface area contributed by atoms with E-state index in [4.69, 9.17) is 4.74 Å². The van der Waals surface area contributed by atoms with Crippen LogP contribution in [0.3, 0.4) is 0 Å². The maximum Gasteiger partial charge on any atom is 0.238 e. The van der Waals surface area contributed by atoms with E-state index in [0.29, 0.717) is 13.1 Å². The molecular weight excluding hydrogens is 330 g/mol. The summed E-state index contributed by atoms with van der Waals surface area (Å²) in [5.41, 5.74) is 0.416. The summed E-state index contributed by atoms with van der Waals surface area (Å²) >= 11 is 0. The number of benzene rings is 1. The van der Waals surface area contributed by atoms with Crippen molar-refractivity contribution in [1.29, 1.82) is 0 Å². The molecule has 1 aromatic carbocycles. The summed E-state index contributed by atoms with van der Waals surface area (Å²) in [6, 6.07) is 8.02. The summed E-state index contributed by atoms with van der Waals surface area (Å²) in [4.78, 5) is 32.0. The van der Waals surface area contributed by atoms with Crippen LogP contribution in [0.5, 0.6) is 5.75 Å². The van der Waals surface area contributed by atoms with Crippen LogP contribution in [-0.4, -0.2) is 68.0 Å². The van der Waals surface area contributed by atoms with E-state index in [9.17, 15) is 9.59 Å². The minimum absolute atomic E-state index is 0.0591. The molecule has 4 rings (SSSR count). The molecule has 0 radical (unpaired) electrons. The lowest BCUT2D eigenvalue weighted by Crippen LogP contribution is -2.53. The van der Waals surface area contributed by atoms with Gasteiger partial charge in [0, 0.05) is 45.0 Å². The Balaban J connectivity index is 1.36. The molecule has 26 heavy (non-hydrogen) atoms. The van der Waals surface area contributed by atoms with E-state index < -0.39 is 5.41 Å². The predicted molar refractivity (Wildman–Crippen MR) is 99.3 cm³/mol. The monoisotopic (exact) mass is 357 g/mol. The van der Waals surface area contributed by atoms with E-state index in [-0.39, 0.29) is 11.8 Å². The van der Waals surface area contributed by atoms with Crippen molar-refractivity contribution in [2.45, 2.75) is 25.7 Å². The molecule has 0 bridgehead atoms. The molecule has 2 heterocycles. The molecule has 6 nitrogen and oxygen atoms in total. The third-order valence-electron chi connectivity index (χ3n) is 5.97. The second-order valence-electron chi connectivity index (χ2n) is 7.56. The standard InChI is InChI=1S/C20H27N3O3/c1-26-17-6-4-16(5-7-17)21-12-14-23(15-13-21)19(25)20(8-9-20)18(24)22-10-2-3-11-22/h4-7H,2-3,8-15H2,1H3. The van der Waals surface area contributed by atoms with Gasteiger partial charge in [-0.1, -0.05) is 0 Å². The number of anilines is 1. The van der Waals surface area contributed by atoms with Gasteiger partial charge in [0.15, 0.2) is 0 Å². The van der Waals surface area contributed by atoms with Crippen molar-refractivity contribution in [3.05, 3.63) is 24.3 Å². The van der Waals surface area contributed by atoms with Crippen LogP contribution in [0.2, 0.25) is 0 Å². The topological polar surface area (TPSA) is 53.1 Å². The molecule has 0 N–H and O–H groups in total. The Morgan fingerprint density at radius 1 is 0.846 bits per heavy atom. The van der Waals surface area contributed by atoms with Gasteiger partial charge in [-0.2, -0.15) is 0 Å². The zero-order chi connectivity index (χ0) is 18.1. The second kappa shape index (κ2) is 6.82. The fraction of sp³-hybridized carbons (Fsp3) is 0.600. The zero-order valence-corrected chi connectivity index (χ0v) is 15.4. The molecule has 2 amide bonds. The van der Waals surface area contributed by atoms with Crippen LogP contribution in [0.4, 0.5) is 5.69 Å². The van der Waals surface area contributed by atoms with Crippen LogP contribution in [0.25, 0.3) is 0 Å². The van der Waals surface area contributed by atoms with Crippen molar-refractivity contribution < 1.29 is 14.3 Å². The molecule has 3 fully saturated rings. The lowest BCUT2D eigenvalue weighted by molar-refractivity contribution is -0.149. The molecule has 0 atom stereocenters. The molecule has 1 saturated carbocycles. The number of nitrogens with zero attached hydrogens (tertiary/aromatic N) is 3. The van der Waals surface area contributed by atoms with Crippen LogP contribution in [0.1, 0.15) is 25.7 Å². The molecular formula is C20H27N3O3. The Morgan fingerprint density at radius 2 is 1.38 bits per heavy atom. The molecule has 0 spiro atoms. The van der Waals surface area contributed by atoms with Crippen LogP contribution in [0, 0.1) is 5.41 Å². The van der Waals surface area contributed by atoms with E-state index >= 15 is 0 Å². The highest BCUT2D eigenvalue weighted by molar-refractivity contribution is 6.08. The lowest BCUT2D eigenvalue weighted by atomic mass is 10.0. The number of hydrogen-bond acceptors (Lipinski definition) is 4. The van der Waals surface area contributed by atoms with Gasteiger partial charge in [0.25, 0.3) is 0 Å². The summed E-state index contributed by atoms with van der Waals surface area (Å²) in [5.74, 6) is 0.986. The number of amides is 2. The van der Waals surface area contributed by atoms with E-state index in [2.05, 4.69) is 17.0 Å². The summed E-state index contributed by atoms with van der Waals surface area (Å²) in [6.07, 6.45) is 3.58. The average molecular weight is 357 g/mol. The molecule has 2 saturated heterocycles. The molecule has 6 heteroatoms. The largest absolute Gasteiger partial charge is 0.497 e. The maximum atomic E-state index is 13.1. The number of methoxy groups -OCH3 is 1.